The molecular formula is C28H31Cl2F4N3O4. The number of hydrogen-bond donors (Lipinski definition) is 1. The summed E-state index contributed by atoms with van der Waals surface area (Å²) in [7, 11) is 0. The van der Waals surface area contributed by atoms with Gasteiger partial charge in [0.15, 0.2) is 11.5 Å². The first-order valence-corrected chi connectivity index (χ1v) is 14.0. The summed E-state index contributed by atoms with van der Waals surface area (Å²) in [5.74, 6) is -3.59. The van der Waals surface area contributed by atoms with Crippen LogP contribution < -0.4 is 0 Å². The van der Waals surface area contributed by atoms with Crippen molar-refractivity contribution in [3.63, 3.8) is 0 Å². The lowest BCUT2D eigenvalue weighted by atomic mass is 9.64. The van der Waals surface area contributed by atoms with Gasteiger partial charge >= 0.3 is 12.1 Å². The SMILES string of the molecule is CC1(C)CC(CN(CC(=O)c2c(Cl)cc(F)cc2Cl)C(=O)c2cnn([C@H]3CC[C@](C)(C(=O)O)CC3)c2C(F)(F)F)C1. The molecule has 2 aromatic rings. The fourth-order valence-electron chi connectivity index (χ4n) is 6.17. The molecule has 0 radical (unpaired) electrons. The maximum atomic E-state index is 14.5. The van der Waals surface area contributed by atoms with Crippen LogP contribution in [0.4, 0.5) is 17.6 Å². The molecule has 4 rings (SSSR count). The summed E-state index contributed by atoms with van der Waals surface area (Å²) < 4.78 is 57.8. The zero-order valence-corrected chi connectivity index (χ0v) is 24.3. The molecule has 2 aliphatic carbocycles. The highest BCUT2D eigenvalue weighted by Gasteiger charge is 2.46. The van der Waals surface area contributed by atoms with Gasteiger partial charge in [-0.2, -0.15) is 18.3 Å². The van der Waals surface area contributed by atoms with Gasteiger partial charge in [-0.05, 0) is 68.9 Å². The maximum absolute atomic E-state index is 14.5. The minimum absolute atomic E-state index is 0.000410. The number of Topliss-reactive ketones (excluding diaryl/α,β-unsaturated/α-hetero) is 1. The van der Waals surface area contributed by atoms with Crippen LogP contribution in [0.1, 0.15) is 91.7 Å². The Morgan fingerprint density at radius 2 is 1.66 bits per heavy atom. The zero-order valence-electron chi connectivity index (χ0n) is 22.8. The third kappa shape index (κ3) is 6.56. The second kappa shape index (κ2) is 11.2. The first-order valence-electron chi connectivity index (χ1n) is 13.3. The number of halogens is 6. The van der Waals surface area contributed by atoms with Gasteiger partial charge in [0.2, 0.25) is 0 Å². The summed E-state index contributed by atoms with van der Waals surface area (Å²) in [4.78, 5) is 39.6. The summed E-state index contributed by atoms with van der Waals surface area (Å²) >= 11 is 12.1. The molecule has 0 spiro atoms. The van der Waals surface area contributed by atoms with Gasteiger partial charge in [-0.15, -0.1) is 0 Å². The van der Waals surface area contributed by atoms with Crippen molar-refractivity contribution in [2.24, 2.45) is 16.7 Å². The van der Waals surface area contributed by atoms with Crippen LogP contribution in [-0.2, 0) is 11.0 Å². The van der Waals surface area contributed by atoms with E-state index in [0.717, 1.165) is 27.9 Å². The van der Waals surface area contributed by atoms with E-state index in [4.69, 9.17) is 23.2 Å². The molecular weight excluding hydrogens is 589 g/mol. The molecule has 2 aliphatic rings. The Morgan fingerprint density at radius 3 is 2.15 bits per heavy atom. The average Bonchev–Trinajstić information content (AvgIpc) is 3.27. The van der Waals surface area contributed by atoms with Gasteiger partial charge < -0.3 is 10.0 Å². The zero-order chi connectivity index (χ0) is 30.5. The van der Waals surface area contributed by atoms with Crippen LogP contribution in [0.25, 0.3) is 0 Å². The molecule has 2 saturated carbocycles. The molecule has 13 heteroatoms. The van der Waals surface area contributed by atoms with E-state index in [1.807, 2.05) is 13.8 Å². The molecule has 0 aliphatic heterocycles. The fraction of sp³-hybridized carbons (Fsp3) is 0.571. The minimum Gasteiger partial charge on any atom is -0.481 e. The maximum Gasteiger partial charge on any atom is 0.433 e. The Morgan fingerprint density at radius 1 is 1.10 bits per heavy atom. The number of carbonyl (C=O) groups excluding carboxylic acids is 2. The fourth-order valence-corrected chi connectivity index (χ4v) is 6.84. The molecule has 1 heterocycles. The van der Waals surface area contributed by atoms with Crippen molar-refractivity contribution >= 4 is 40.9 Å². The quantitative estimate of drug-likeness (QED) is 0.247. The average molecular weight is 620 g/mol. The third-order valence-electron chi connectivity index (χ3n) is 8.28. The van der Waals surface area contributed by atoms with Crippen LogP contribution in [0, 0.1) is 22.6 Å². The lowest BCUT2D eigenvalue weighted by molar-refractivity contribution is -0.152. The molecule has 7 nitrogen and oxygen atoms in total. The lowest BCUT2D eigenvalue weighted by Gasteiger charge is -2.44. The standard InChI is InChI=1S/C28H31Cl2F4N3O4/c1-26(2)10-15(11-26)13-36(14-21(38)22-19(29)8-16(31)9-20(22)30)24(39)18-12-35-37(23(18)28(32,33)34)17-4-6-27(3,7-5-17)25(40)41/h8-9,12,15,17H,4-7,10-11,13-14H2,1-3H3,(H,40,41)/t17-,27-. The number of hydrogen-bond acceptors (Lipinski definition) is 4. The van der Waals surface area contributed by atoms with Crippen molar-refractivity contribution in [1.82, 2.24) is 14.7 Å². The van der Waals surface area contributed by atoms with Gasteiger partial charge in [0.1, 0.15) is 5.82 Å². The largest absolute Gasteiger partial charge is 0.481 e. The number of rotatable bonds is 8. The monoisotopic (exact) mass is 619 g/mol. The van der Waals surface area contributed by atoms with Crippen LogP contribution in [0.5, 0.6) is 0 Å². The van der Waals surface area contributed by atoms with E-state index in [9.17, 15) is 37.1 Å². The summed E-state index contributed by atoms with van der Waals surface area (Å²) in [6, 6.07) is 1.04. The third-order valence-corrected chi connectivity index (χ3v) is 8.88. The number of ketones is 1. The number of carbonyl (C=O) groups is 3. The molecule has 0 unspecified atom stereocenters. The van der Waals surface area contributed by atoms with Gasteiger partial charge in [0.25, 0.3) is 5.91 Å². The number of alkyl halides is 3. The molecule has 2 fully saturated rings. The van der Waals surface area contributed by atoms with E-state index in [1.54, 1.807) is 6.92 Å². The van der Waals surface area contributed by atoms with Gasteiger partial charge in [0.05, 0.1) is 45.4 Å². The Hall–Kier alpha value is -2.66. The smallest absolute Gasteiger partial charge is 0.433 e. The van der Waals surface area contributed by atoms with E-state index >= 15 is 0 Å². The van der Waals surface area contributed by atoms with Gasteiger partial charge in [0, 0.05) is 6.54 Å². The van der Waals surface area contributed by atoms with Crippen molar-refractivity contribution in [2.45, 2.75) is 71.5 Å². The van der Waals surface area contributed by atoms with E-state index in [1.165, 1.54) is 0 Å². The Labute approximate surface area is 244 Å². The molecule has 1 aromatic heterocycles. The Bertz CT molecular complexity index is 1340. The molecule has 41 heavy (non-hydrogen) atoms. The first kappa shape index (κ1) is 31.3. The molecule has 1 amide bonds. The molecule has 0 saturated heterocycles. The highest BCUT2D eigenvalue weighted by Crippen LogP contribution is 2.46. The van der Waals surface area contributed by atoms with Crippen LogP contribution >= 0.6 is 23.2 Å². The summed E-state index contributed by atoms with van der Waals surface area (Å²) in [5.41, 5.74) is -3.21. The predicted molar refractivity (Wildman–Crippen MR) is 144 cm³/mol. The van der Waals surface area contributed by atoms with Crippen molar-refractivity contribution < 1.29 is 37.1 Å². The summed E-state index contributed by atoms with van der Waals surface area (Å²) in [5, 5.41) is 12.9. The van der Waals surface area contributed by atoms with Crippen LogP contribution in [-0.4, -0.2) is 50.5 Å². The molecule has 0 atom stereocenters. The van der Waals surface area contributed by atoms with Crippen molar-refractivity contribution in [3.05, 3.63) is 51.0 Å². The van der Waals surface area contributed by atoms with Gasteiger partial charge in [-0.25, -0.2) is 4.39 Å². The second-order valence-electron chi connectivity index (χ2n) is 12.2. The number of aromatic nitrogens is 2. The Kier molecular flexibility index (Phi) is 8.55. The molecule has 1 N–H and O–H groups in total. The number of benzene rings is 1. The highest BCUT2D eigenvalue weighted by atomic mass is 35.5. The van der Waals surface area contributed by atoms with Crippen molar-refractivity contribution in [1.29, 1.82) is 0 Å². The number of nitrogens with zero attached hydrogens (tertiary/aromatic N) is 3. The van der Waals surface area contributed by atoms with E-state index in [-0.39, 0.29) is 59.2 Å². The molecule has 1 aromatic carbocycles. The number of carboxylic acids is 1. The van der Waals surface area contributed by atoms with E-state index < -0.39 is 58.9 Å². The summed E-state index contributed by atoms with van der Waals surface area (Å²) in [6.45, 7) is 5.02. The molecule has 0 bridgehead atoms. The number of aliphatic carboxylic acids is 1. The number of amides is 1. The predicted octanol–water partition coefficient (Wildman–Crippen LogP) is 7.32. The van der Waals surface area contributed by atoms with E-state index in [2.05, 4.69) is 5.10 Å². The first-order chi connectivity index (χ1) is 18.9. The Balaban J connectivity index is 1.66. The van der Waals surface area contributed by atoms with Crippen molar-refractivity contribution in [3.8, 4) is 0 Å². The lowest BCUT2D eigenvalue weighted by Crippen LogP contribution is -2.45. The topological polar surface area (TPSA) is 92.5 Å². The normalized spacial score (nSPS) is 22.7. The second-order valence-corrected chi connectivity index (χ2v) is 13.1. The van der Waals surface area contributed by atoms with Crippen LogP contribution in [0.15, 0.2) is 18.3 Å². The van der Waals surface area contributed by atoms with Gasteiger partial charge in [-0.3, -0.25) is 19.1 Å². The number of carboxylic acid groups (broad SMARTS) is 1. The highest BCUT2D eigenvalue weighted by molar-refractivity contribution is 6.40. The van der Waals surface area contributed by atoms with Gasteiger partial charge in [-0.1, -0.05) is 37.0 Å². The van der Waals surface area contributed by atoms with E-state index in [0.29, 0.717) is 12.8 Å². The summed E-state index contributed by atoms with van der Waals surface area (Å²) in [6.07, 6.45) is -2.08. The minimum atomic E-state index is -4.95. The van der Waals surface area contributed by atoms with Crippen molar-refractivity contribution in [2.75, 3.05) is 13.1 Å². The van der Waals surface area contributed by atoms with Crippen LogP contribution in [0.2, 0.25) is 10.0 Å². The molecule has 224 valence electrons. The van der Waals surface area contributed by atoms with Crippen LogP contribution in [0.3, 0.4) is 0 Å².